The van der Waals surface area contributed by atoms with Crippen LogP contribution >= 0.6 is 11.3 Å². The van der Waals surface area contributed by atoms with Crippen molar-refractivity contribution in [2.45, 2.75) is 33.4 Å². The number of nitriles is 1. The van der Waals surface area contributed by atoms with Crippen molar-refractivity contribution in [3.05, 3.63) is 80.6 Å². The highest BCUT2D eigenvalue weighted by Crippen LogP contribution is 2.36. The maximum atomic E-state index is 13.2. The molecule has 4 heterocycles. The number of oxazole rings is 1. The monoisotopic (exact) mass is 550 g/mol. The van der Waals surface area contributed by atoms with Gasteiger partial charge < -0.3 is 19.7 Å². The van der Waals surface area contributed by atoms with Crippen LogP contribution in [0.3, 0.4) is 0 Å². The number of amides is 1. The van der Waals surface area contributed by atoms with Gasteiger partial charge in [-0.3, -0.25) is 9.78 Å². The molecule has 1 aliphatic heterocycles. The van der Waals surface area contributed by atoms with E-state index >= 15 is 0 Å². The Hall–Kier alpha value is -4.43. The van der Waals surface area contributed by atoms with E-state index < -0.39 is 0 Å². The molecule has 0 bridgehead atoms. The van der Waals surface area contributed by atoms with E-state index in [0.717, 1.165) is 52.3 Å². The zero-order valence-corrected chi connectivity index (χ0v) is 23.1. The van der Waals surface area contributed by atoms with E-state index in [-0.39, 0.29) is 12.5 Å². The molecule has 0 atom stereocenters. The number of aromatic nitrogens is 3. The highest BCUT2D eigenvalue weighted by atomic mass is 32.1. The van der Waals surface area contributed by atoms with E-state index in [1.807, 2.05) is 32.0 Å². The zero-order chi connectivity index (χ0) is 28.0. The first-order valence-electron chi connectivity index (χ1n) is 12.8. The summed E-state index contributed by atoms with van der Waals surface area (Å²) in [5.41, 5.74) is 7.77. The van der Waals surface area contributed by atoms with Crippen LogP contribution in [-0.4, -0.2) is 44.5 Å². The molecule has 9 nitrogen and oxygen atoms in total. The van der Waals surface area contributed by atoms with Crippen LogP contribution in [0.1, 0.15) is 42.6 Å². The van der Waals surface area contributed by atoms with Gasteiger partial charge in [-0.1, -0.05) is 12.1 Å². The predicted molar refractivity (Wildman–Crippen MR) is 153 cm³/mol. The van der Waals surface area contributed by atoms with Gasteiger partial charge in [0.05, 0.1) is 23.4 Å². The molecule has 0 spiro atoms. The first kappa shape index (κ1) is 25.8. The van der Waals surface area contributed by atoms with Crippen molar-refractivity contribution in [2.24, 2.45) is 0 Å². The number of hydrogen-bond donors (Lipinski definition) is 2. The Balaban J connectivity index is 1.34. The highest BCUT2D eigenvalue weighted by Gasteiger charge is 2.23. The Morgan fingerprint density at radius 2 is 2.00 bits per heavy atom. The lowest BCUT2D eigenvalue weighted by molar-refractivity contribution is 0.102. The average molecular weight is 551 g/mol. The van der Waals surface area contributed by atoms with Gasteiger partial charge in [0.15, 0.2) is 10.6 Å². The molecule has 2 N–H and O–H groups in total. The lowest BCUT2D eigenvalue weighted by atomic mass is 9.95. The van der Waals surface area contributed by atoms with Crippen LogP contribution in [0, 0.1) is 25.2 Å². The molecule has 6 rings (SSSR count). The number of likely N-dealkylation sites (N-methyl/N-ethyl adjacent to an activating group) is 1. The first-order valence-corrected chi connectivity index (χ1v) is 13.7. The summed E-state index contributed by atoms with van der Waals surface area (Å²) in [6.45, 7) is 5.49. The number of thiazole rings is 1. The Morgan fingerprint density at radius 3 is 2.80 bits per heavy atom. The summed E-state index contributed by atoms with van der Waals surface area (Å²) >= 11 is 1.46. The largest absolute Gasteiger partial charge is 0.435 e. The summed E-state index contributed by atoms with van der Waals surface area (Å²) in [6, 6.07) is 11.2. The molecular weight excluding hydrogens is 524 g/mol. The van der Waals surface area contributed by atoms with Gasteiger partial charge in [-0.15, -0.1) is 11.3 Å². The maximum Gasteiger partial charge on any atom is 0.284 e. The first-order chi connectivity index (χ1) is 19.4. The van der Waals surface area contributed by atoms with Gasteiger partial charge in [0.25, 0.3) is 5.91 Å². The van der Waals surface area contributed by atoms with Gasteiger partial charge in [-0.05, 0) is 61.3 Å². The van der Waals surface area contributed by atoms with Crippen LogP contribution in [-0.2, 0) is 19.6 Å². The summed E-state index contributed by atoms with van der Waals surface area (Å²) in [4.78, 5) is 30.2. The van der Waals surface area contributed by atoms with Crippen molar-refractivity contribution in [2.75, 3.05) is 18.9 Å². The number of pyridine rings is 1. The number of fused-ring (bicyclic) bond motifs is 2. The average Bonchev–Trinajstić information content (AvgIpc) is 3.58. The van der Waals surface area contributed by atoms with Gasteiger partial charge >= 0.3 is 0 Å². The second-order valence-electron chi connectivity index (χ2n) is 9.95. The minimum Gasteiger partial charge on any atom is -0.435 e. The van der Waals surface area contributed by atoms with Crippen LogP contribution < -0.4 is 5.32 Å². The van der Waals surface area contributed by atoms with E-state index in [2.05, 4.69) is 38.3 Å². The number of nitrogens with one attached hydrogen (secondary N) is 1. The van der Waals surface area contributed by atoms with Gasteiger partial charge in [-0.2, -0.15) is 5.26 Å². The van der Waals surface area contributed by atoms with E-state index in [9.17, 15) is 15.2 Å². The van der Waals surface area contributed by atoms with Crippen LogP contribution in [0.2, 0.25) is 0 Å². The third-order valence-electron chi connectivity index (χ3n) is 7.29. The number of aliphatic hydroxyl groups excluding tert-OH is 1. The molecule has 1 aliphatic rings. The highest BCUT2D eigenvalue weighted by molar-refractivity contribution is 7.13. The van der Waals surface area contributed by atoms with Crippen molar-refractivity contribution >= 4 is 34.0 Å². The Morgan fingerprint density at radius 1 is 1.18 bits per heavy atom. The SMILES string of the molecule is Cc1c(NC(=O)c2nc3c(s2)CN(C)CC3)cccc1-c1cncc(-c2nc3cc(CO)cc(C#N)c3o2)c1C. The third kappa shape index (κ3) is 4.54. The summed E-state index contributed by atoms with van der Waals surface area (Å²) in [7, 11) is 2.07. The normalized spacial score (nSPS) is 13.3. The van der Waals surface area contributed by atoms with Crippen LogP contribution in [0.5, 0.6) is 0 Å². The van der Waals surface area contributed by atoms with Gasteiger partial charge in [-0.25, -0.2) is 9.97 Å². The summed E-state index contributed by atoms with van der Waals surface area (Å²) in [5, 5.41) is 22.6. The maximum absolute atomic E-state index is 13.2. The second-order valence-corrected chi connectivity index (χ2v) is 11.0. The Labute approximate surface area is 234 Å². The molecule has 40 heavy (non-hydrogen) atoms. The minimum absolute atomic E-state index is 0.197. The number of rotatable bonds is 5. The van der Waals surface area contributed by atoms with Crippen molar-refractivity contribution in [3.8, 4) is 28.7 Å². The summed E-state index contributed by atoms with van der Waals surface area (Å²) < 4.78 is 6.02. The Kier molecular flexibility index (Phi) is 6.64. The van der Waals surface area contributed by atoms with Crippen LogP contribution in [0.4, 0.5) is 5.69 Å². The predicted octanol–water partition coefficient (Wildman–Crippen LogP) is 5.23. The van der Waals surface area contributed by atoms with E-state index in [1.54, 1.807) is 24.5 Å². The molecule has 0 aliphatic carbocycles. The smallest absolute Gasteiger partial charge is 0.284 e. The molecule has 0 fully saturated rings. The number of aliphatic hydroxyl groups is 1. The fraction of sp³-hybridized carbons (Fsp3) is 0.233. The molecule has 5 aromatic rings. The molecular formula is C30H26N6O3S. The molecule has 1 amide bonds. The van der Waals surface area contributed by atoms with Crippen molar-refractivity contribution in [1.29, 1.82) is 5.26 Å². The summed E-state index contributed by atoms with van der Waals surface area (Å²) in [6.07, 6.45) is 4.32. The van der Waals surface area contributed by atoms with E-state index in [1.165, 1.54) is 11.3 Å². The number of carbonyl (C=O) groups excluding carboxylic acids is 1. The standard InChI is InChI=1S/C30H26N6O3S/c1-16-21(12-32-13-22(16)29-34-25-10-18(15-37)9-19(11-31)27(25)39-29)20-5-4-6-23(17(20)2)33-28(38)30-35-24-7-8-36(3)14-26(24)40-30/h4-6,9-10,12-13,37H,7-8,14-15H2,1-3H3,(H,33,38). The van der Waals surface area contributed by atoms with E-state index in [4.69, 9.17) is 4.42 Å². The van der Waals surface area contributed by atoms with Crippen LogP contribution in [0.25, 0.3) is 33.7 Å². The number of nitrogens with zero attached hydrogens (tertiary/aromatic N) is 5. The lowest BCUT2D eigenvalue weighted by Crippen LogP contribution is -2.25. The zero-order valence-electron chi connectivity index (χ0n) is 22.3. The fourth-order valence-corrected chi connectivity index (χ4v) is 6.14. The van der Waals surface area contributed by atoms with Gasteiger partial charge in [0.2, 0.25) is 5.89 Å². The lowest BCUT2D eigenvalue weighted by Gasteiger charge is -2.20. The van der Waals surface area contributed by atoms with Gasteiger partial charge in [0.1, 0.15) is 11.6 Å². The third-order valence-corrected chi connectivity index (χ3v) is 8.37. The molecule has 0 unspecified atom stereocenters. The van der Waals surface area contributed by atoms with Crippen molar-refractivity contribution in [1.82, 2.24) is 19.9 Å². The van der Waals surface area contributed by atoms with Gasteiger partial charge in [0, 0.05) is 48.0 Å². The molecule has 200 valence electrons. The molecule has 3 aromatic heterocycles. The molecule has 0 radical (unpaired) electrons. The van der Waals surface area contributed by atoms with Crippen molar-refractivity contribution in [3.63, 3.8) is 0 Å². The quantitative estimate of drug-likeness (QED) is 0.304. The molecule has 0 saturated carbocycles. The molecule has 10 heteroatoms. The summed E-state index contributed by atoms with van der Waals surface area (Å²) in [5.74, 6) is 0.127. The number of hydrogen-bond acceptors (Lipinski definition) is 9. The minimum atomic E-state index is -0.215. The number of anilines is 1. The number of carbonyl (C=O) groups is 1. The number of benzene rings is 2. The molecule has 2 aromatic carbocycles. The van der Waals surface area contributed by atoms with E-state index in [0.29, 0.717) is 44.4 Å². The molecule has 0 saturated heterocycles. The van der Waals surface area contributed by atoms with Crippen molar-refractivity contribution < 1.29 is 14.3 Å². The fourth-order valence-electron chi connectivity index (χ4n) is 5.05. The van der Waals surface area contributed by atoms with Crippen LogP contribution in [0.15, 0.2) is 47.1 Å². The Bertz CT molecular complexity index is 1830. The topological polar surface area (TPSA) is 128 Å². The second kappa shape index (κ2) is 10.3.